The van der Waals surface area contributed by atoms with E-state index < -0.39 is 0 Å². The van der Waals surface area contributed by atoms with Crippen molar-refractivity contribution in [2.45, 2.75) is 33.2 Å². The van der Waals surface area contributed by atoms with E-state index in [1.807, 2.05) is 19.2 Å². The third kappa shape index (κ3) is 4.42. The summed E-state index contributed by atoms with van der Waals surface area (Å²) in [5, 5.41) is 4.30. The van der Waals surface area contributed by atoms with Gasteiger partial charge >= 0.3 is 0 Å². The van der Waals surface area contributed by atoms with E-state index in [1.165, 1.54) is 0 Å². The molecule has 1 saturated heterocycles. The highest BCUT2D eigenvalue weighted by Gasteiger charge is 2.18. The van der Waals surface area contributed by atoms with Gasteiger partial charge in [0.2, 0.25) is 0 Å². The van der Waals surface area contributed by atoms with Crippen LogP contribution in [-0.4, -0.2) is 57.4 Å². The van der Waals surface area contributed by atoms with E-state index in [0.717, 1.165) is 50.1 Å². The van der Waals surface area contributed by atoms with Crippen LogP contribution < -0.4 is 10.5 Å². The maximum atomic E-state index is 11.8. The molecule has 3 rings (SSSR count). The lowest BCUT2D eigenvalue weighted by atomic mass is 10.2. The van der Waals surface area contributed by atoms with Crippen molar-refractivity contribution in [3.05, 3.63) is 46.3 Å². The van der Waals surface area contributed by atoms with Crippen LogP contribution in [0.3, 0.4) is 0 Å². The molecule has 0 N–H and O–H groups in total. The second kappa shape index (κ2) is 7.74. The molecule has 0 radical (unpaired) electrons. The molecule has 0 atom stereocenters. The number of anilines is 1. The van der Waals surface area contributed by atoms with Crippen LogP contribution in [0, 0.1) is 6.92 Å². The van der Waals surface area contributed by atoms with Crippen molar-refractivity contribution >= 4 is 5.82 Å². The van der Waals surface area contributed by atoms with Crippen LogP contribution >= 0.6 is 0 Å². The van der Waals surface area contributed by atoms with Gasteiger partial charge in [-0.2, -0.15) is 5.10 Å². The summed E-state index contributed by atoms with van der Waals surface area (Å²) in [5.41, 5.74) is 0.834. The molecular weight excluding hydrogens is 316 g/mol. The number of aromatic nitrogens is 4. The number of nitrogens with zero attached hydrogens (tertiary/aromatic N) is 6. The van der Waals surface area contributed by atoms with Gasteiger partial charge < -0.3 is 4.90 Å². The number of piperazine rings is 1. The summed E-state index contributed by atoms with van der Waals surface area (Å²) >= 11 is 0. The van der Waals surface area contributed by atoms with E-state index in [-0.39, 0.29) is 5.56 Å². The molecule has 0 saturated carbocycles. The van der Waals surface area contributed by atoms with Gasteiger partial charge in [-0.15, -0.1) is 0 Å². The summed E-state index contributed by atoms with van der Waals surface area (Å²) in [5.74, 6) is 2.24. The number of rotatable bonds is 5. The van der Waals surface area contributed by atoms with Gasteiger partial charge in [-0.3, -0.25) is 9.69 Å². The maximum absolute atomic E-state index is 11.8. The summed E-state index contributed by atoms with van der Waals surface area (Å²) < 4.78 is 1.56. The van der Waals surface area contributed by atoms with Gasteiger partial charge in [-0.25, -0.2) is 14.6 Å². The normalized spacial score (nSPS) is 15.8. The lowest BCUT2D eigenvalue weighted by Gasteiger charge is -2.35. The zero-order chi connectivity index (χ0) is 17.8. The van der Waals surface area contributed by atoms with E-state index >= 15 is 0 Å². The van der Waals surface area contributed by atoms with Crippen LogP contribution in [0.5, 0.6) is 0 Å². The Kier molecular flexibility index (Phi) is 5.43. The molecule has 7 nitrogen and oxygen atoms in total. The monoisotopic (exact) mass is 342 g/mol. The molecule has 0 aliphatic carbocycles. The van der Waals surface area contributed by atoms with Crippen molar-refractivity contribution in [1.82, 2.24) is 24.6 Å². The highest BCUT2D eigenvalue weighted by atomic mass is 16.1. The SMILES string of the molecule is Cc1ccc(=O)n(CCN2CCN(c3ccnc(C(C)C)n3)CC2)n1. The standard InChI is InChI=1S/C18H26N6O/c1-14(2)18-19-7-6-16(20-18)23-11-8-22(9-12-23)10-13-24-17(25)5-4-15(3)21-24/h4-7,14H,8-13H2,1-3H3. The number of hydrogen-bond donors (Lipinski definition) is 0. The number of hydrogen-bond acceptors (Lipinski definition) is 6. The van der Waals surface area contributed by atoms with Gasteiger partial charge in [0.15, 0.2) is 0 Å². The molecule has 7 heteroatoms. The van der Waals surface area contributed by atoms with Gasteiger partial charge in [0.1, 0.15) is 11.6 Å². The summed E-state index contributed by atoms with van der Waals surface area (Å²) in [4.78, 5) is 25.5. The highest BCUT2D eigenvalue weighted by Crippen LogP contribution is 2.16. The number of aryl methyl sites for hydroxylation is 1. The van der Waals surface area contributed by atoms with Crippen molar-refractivity contribution in [2.24, 2.45) is 0 Å². The molecule has 2 aromatic heterocycles. The average Bonchev–Trinajstić information content (AvgIpc) is 2.63. The van der Waals surface area contributed by atoms with Gasteiger partial charge in [-0.1, -0.05) is 13.8 Å². The van der Waals surface area contributed by atoms with Crippen molar-refractivity contribution in [1.29, 1.82) is 0 Å². The molecule has 0 amide bonds. The summed E-state index contributed by atoms with van der Waals surface area (Å²) in [7, 11) is 0. The Balaban J connectivity index is 1.54. The van der Waals surface area contributed by atoms with Crippen molar-refractivity contribution in [3.63, 3.8) is 0 Å². The van der Waals surface area contributed by atoms with Crippen molar-refractivity contribution < 1.29 is 0 Å². The Morgan fingerprint density at radius 3 is 2.56 bits per heavy atom. The lowest BCUT2D eigenvalue weighted by molar-refractivity contribution is 0.242. The van der Waals surface area contributed by atoms with Crippen LogP contribution in [0.4, 0.5) is 5.82 Å². The van der Waals surface area contributed by atoms with Crippen LogP contribution in [-0.2, 0) is 6.54 Å². The maximum Gasteiger partial charge on any atom is 0.266 e. The third-order valence-electron chi connectivity index (χ3n) is 4.50. The van der Waals surface area contributed by atoms with Crippen LogP contribution in [0.25, 0.3) is 0 Å². The van der Waals surface area contributed by atoms with E-state index in [1.54, 1.807) is 16.8 Å². The molecule has 2 aromatic rings. The molecule has 0 bridgehead atoms. The first-order valence-electron chi connectivity index (χ1n) is 8.88. The zero-order valence-electron chi connectivity index (χ0n) is 15.2. The first-order valence-corrected chi connectivity index (χ1v) is 8.88. The summed E-state index contributed by atoms with van der Waals surface area (Å²) in [6.07, 6.45) is 1.85. The Bertz CT molecular complexity index is 764. The summed E-state index contributed by atoms with van der Waals surface area (Å²) in [6.45, 7) is 11.4. The second-order valence-corrected chi connectivity index (χ2v) is 6.79. The molecule has 1 aliphatic rings. The van der Waals surface area contributed by atoms with Crippen LogP contribution in [0.15, 0.2) is 29.2 Å². The average molecular weight is 342 g/mol. The second-order valence-electron chi connectivity index (χ2n) is 6.79. The van der Waals surface area contributed by atoms with Gasteiger partial charge in [-0.05, 0) is 19.1 Å². The summed E-state index contributed by atoms with van der Waals surface area (Å²) in [6, 6.07) is 5.32. The quantitative estimate of drug-likeness (QED) is 0.816. The highest BCUT2D eigenvalue weighted by molar-refractivity contribution is 5.38. The van der Waals surface area contributed by atoms with E-state index in [9.17, 15) is 4.79 Å². The smallest absolute Gasteiger partial charge is 0.266 e. The minimum atomic E-state index is -0.0357. The fourth-order valence-corrected chi connectivity index (χ4v) is 2.97. The Labute approximate surface area is 148 Å². The van der Waals surface area contributed by atoms with Crippen molar-refractivity contribution in [3.8, 4) is 0 Å². The first kappa shape index (κ1) is 17.5. The fourth-order valence-electron chi connectivity index (χ4n) is 2.97. The molecule has 25 heavy (non-hydrogen) atoms. The van der Waals surface area contributed by atoms with Crippen LogP contribution in [0.1, 0.15) is 31.3 Å². The minimum absolute atomic E-state index is 0.0357. The largest absolute Gasteiger partial charge is 0.354 e. The Hall–Kier alpha value is -2.28. The zero-order valence-corrected chi connectivity index (χ0v) is 15.2. The van der Waals surface area contributed by atoms with Crippen molar-refractivity contribution in [2.75, 3.05) is 37.6 Å². The molecule has 0 unspecified atom stereocenters. The fraction of sp³-hybridized carbons (Fsp3) is 0.556. The molecule has 134 valence electrons. The van der Waals surface area contributed by atoms with Crippen LogP contribution in [0.2, 0.25) is 0 Å². The third-order valence-corrected chi connectivity index (χ3v) is 4.50. The van der Waals surface area contributed by atoms with E-state index in [2.05, 4.69) is 38.7 Å². The predicted octanol–water partition coefficient (Wildman–Crippen LogP) is 1.29. The Morgan fingerprint density at radius 1 is 1.08 bits per heavy atom. The van der Waals surface area contributed by atoms with Gasteiger partial charge in [0.05, 0.1) is 12.2 Å². The lowest BCUT2D eigenvalue weighted by Crippen LogP contribution is -2.48. The first-order chi connectivity index (χ1) is 12.0. The van der Waals surface area contributed by atoms with Gasteiger partial charge in [0, 0.05) is 50.9 Å². The Morgan fingerprint density at radius 2 is 1.84 bits per heavy atom. The van der Waals surface area contributed by atoms with E-state index in [4.69, 9.17) is 0 Å². The minimum Gasteiger partial charge on any atom is -0.354 e. The molecule has 0 spiro atoms. The van der Waals surface area contributed by atoms with E-state index in [0.29, 0.717) is 12.5 Å². The molecule has 0 aromatic carbocycles. The molecular formula is C18H26N6O. The predicted molar refractivity (Wildman–Crippen MR) is 98.0 cm³/mol. The topological polar surface area (TPSA) is 67.2 Å². The molecule has 1 aliphatic heterocycles. The molecule has 1 fully saturated rings. The molecule has 3 heterocycles. The van der Waals surface area contributed by atoms with Gasteiger partial charge in [0.25, 0.3) is 5.56 Å².